The van der Waals surface area contributed by atoms with Gasteiger partial charge in [0.05, 0.1) is 36.7 Å². The van der Waals surface area contributed by atoms with Crippen LogP contribution in [-0.2, 0) is 9.59 Å². The van der Waals surface area contributed by atoms with Gasteiger partial charge < -0.3 is 9.47 Å². The summed E-state index contributed by atoms with van der Waals surface area (Å²) in [4.78, 5) is 25.9. The third kappa shape index (κ3) is 2.33. The Kier molecular flexibility index (Phi) is 3.73. The molecule has 6 rings (SSSR count). The average molecular weight is 431 g/mol. The van der Waals surface area contributed by atoms with Crippen molar-refractivity contribution in [3.63, 3.8) is 0 Å². The number of methoxy groups -OCH3 is 2. The number of halogens is 1. The van der Waals surface area contributed by atoms with E-state index in [9.17, 15) is 9.59 Å². The molecule has 1 aromatic carbocycles. The van der Waals surface area contributed by atoms with Gasteiger partial charge in [0.1, 0.15) is 11.5 Å². The van der Waals surface area contributed by atoms with E-state index >= 15 is 0 Å². The lowest BCUT2D eigenvalue weighted by atomic mass is 9.63. The van der Waals surface area contributed by atoms with Crippen LogP contribution in [0.1, 0.15) is 12.0 Å². The van der Waals surface area contributed by atoms with Crippen LogP contribution in [0, 0.1) is 35.5 Å². The molecule has 5 aliphatic rings. The van der Waals surface area contributed by atoms with Crippen molar-refractivity contribution in [3.8, 4) is 11.5 Å². The number of allylic oxidation sites excluding steroid dienone is 2. The third-order valence-corrected chi connectivity index (χ3v) is 7.08. The predicted octanol–water partition coefficient (Wildman–Crippen LogP) is 2.85. The number of rotatable bonds is 4. The first-order valence-electron chi connectivity index (χ1n) is 9.06. The van der Waals surface area contributed by atoms with E-state index in [0.29, 0.717) is 28.9 Å². The molecule has 0 N–H and O–H groups in total. The van der Waals surface area contributed by atoms with Crippen LogP contribution >= 0.6 is 15.9 Å². The molecule has 1 aliphatic heterocycles. The Balaban J connectivity index is 1.45. The van der Waals surface area contributed by atoms with Crippen molar-refractivity contribution in [2.45, 2.75) is 6.42 Å². The van der Waals surface area contributed by atoms with Crippen molar-refractivity contribution in [1.82, 2.24) is 5.01 Å². The summed E-state index contributed by atoms with van der Waals surface area (Å²) in [6, 6.07) is 3.52. The maximum absolute atomic E-state index is 12.9. The van der Waals surface area contributed by atoms with Crippen LogP contribution in [0.25, 0.3) is 0 Å². The molecule has 0 spiro atoms. The zero-order valence-corrected chi connectivity index (χ0v) is 16.5. The van der Waals surface area contributed by atoms with E-state index in [4.69, 9.17) is 9.47 Å². The molecule has 2 bridgehead atoms. The molecule has 2 amide bonds. The molecule has 1 aromatic rings. The normalized spacial score (nSPS) is 35.6. The predicted molar refractivity (Wildman–Crippen MR) is 101 cm³/mol. The monoisotopic (exact) mass is 430 g/mol. The molecule has 3 fully saturated rings. The van der Waals surface area contributed by atoms with Gasteiger partial charge in [-0.05, 0) is 52.1 Å². The summed E-state index contributed by atoms with van der Waals surface area (Å²) >= 11 is 3.44. The summed E-state index contributed by atoms with van der Waals surface area (Å²) in [6.07, 6.45) is 6.96. The maximum Gasteiger partial charge on any atom is 0.254 e. The van der Waals surface area contributed by atoms with Crippen LogP contribution in [0.5, 0.6) is 11.5 Å². The molecule has 140 valence electrons. The fourth-order valence-corrected chi connectivity index (χ4v) is 5.68. The number of carbonyl (C=O) groups excluding carboxylic acids is 2. The molecule has 1 saturated heterocycles. The highest BCUT2D eigenvalue weighted by Crippen LogP contribution is 2.65. The highest BCUT2D eigenvalue weighted by atomic mass is 79.9. The topological polar surface area (TPSA) is 68.2 Å². The molecule has 0 radical (unpaired) electrons. The van der Waals surface area contributed by atoms with E-state index in [0.717, 1.165) is 15.9 Å². The van der Waals surface area contributed by atoms with Gasteiger partial charge in [0, 0.05) is 11.6 Å². The molecule has 6 atom stereocenters. The number of ether oxygens (including phenoxy) is 2. The largest absolute Gasteiger partial charge is 0.496 e. The van der Waals surface area contributed by atoms with E-state index in [1.54, 1.807) is 26.4 Å². The lowest BCUT2D eigenvalue weighted by molar-refractivity contribution is -0.140. The molecule has 7 heteroatoms. The van der Waals surface area contributed by atoms with Gasteiger partial charge in [-0.2, -0.15) is 10.1 Å². The van der Waals surface area contributed by atoms with E-state index < -0.39 is 0 Å². The number of nitrogens with zero attached hydrogens (tertiary/aromatic N) is 2. The van der Waals surface area contributed by atoms with Crippen LogP contribution in [-0.4, -0.2) is 37.3 Å². The first kappa shape index (κ1) is 17.0. The number of hydrazone groups is 1. The van der Waals surface area contributed by atoms with Crippen molar-refractivity contribution >= 4 is 34.0 Å². The summed E-state index contributed by atoms with van der Waals surface area (Å²) in [5.41, 5.74) is 0.657. The van der Waals surface area contributed by atoms with Crippen molar-refractivity contribution in [2.24, 2.45) is 40.6 Å². The van der Waals surface area contributed by atoms with Gasteiger partial charge in [-0.3, -0.25) is 9.59 Å². The van der Waals surface area contributed by atoms with E-state index in [1.807, 2.05) is 0 Å². The van der Waals surface area contributed by atoms with Gasteiger partial charge in [-0.25, -0.2) is 0 Å². The molecule has 6 nitrogen and oxygen atoms in total. The Morgan fingerprint density at radius 1 is 1.04 bits per heavy atom. The lowest BCUT2D eigenvalue weighted by Gasteiger charge is -2.37. The number of hydrogen-bond acceptors (Lipinski definition) is 5. The minimum absolute atomic E-state index is 0.169. The average Bonchev–Trinajstić information content (AvgIpc) is 3.45. The molecule has 0 aromatic heterocycles. The zero-order chi connectivity index (χ0) is 18.9. The van der Waals surface area contributed by atoms with Crippen LogP contribution < -0.4 is 9.47 Å². The van der Waals surface area contributed by atoms with Gasteiger partial charge >= 0.3 is 0 Å². The first-order valence-corrected chi connectivity index (χ1v) is 9.86. The van der Waals surface area contributed by atoms with Gasteiger partial charge in [0.25, 0.3) is 11.8 Å². The highest BCUT2D eigenvalue weighted by Gasteiger charge is 2.67. The van der Waals surface area contributed by atoms with Crippen LogP contribution in [0.15, 0.2) is 33.9 Å². The number of amides is 2. The Bertz CT molecular complexity index is 875. The van der Waals surface area contributed by atoms with Gasteiger partial charge in [0.2, 0.25) is 0 Å². The SMILES string of the molecule is COc1cc(OC)c(/C=N\N2C(=O)[C@@H]3[C@@H]4C=C[C@H]([C@H]5C[C@@H]45)[C@@H]3C2=O)cc1Br. The summed E-state index contributed by atoms with van der Waals surface area (Å²) < 4.78 is 11.4. The minimum atomic E-state index is -0.238. The summed E-state index contributed by atoms with van der Waals surface area (Å²) in [7, 11) is 3.12. The molecule has 4 aliphatic carbocycles. The quantitative estimate of drug-likeness (QED) is 0.418. The molecule has 0 unspecified atom stereocenters. The fourth-order valence-electron chi connectivity index (χ4n) is 5.16. The van der Waals surface area contributed by atoms with Crippen LogP contribution in [0.3, 0.4) is 0 Å². The summed E-state index contributed by atoms with van der Waals surface area (Å²) in [5, 5.41) is 5.34. The number of imide groups is 1. The highest BCUT2D eigenvalue weighted by molar-refractivity contribution is 9.10. The fraction of sp³-hybridized carbons (Fsp3) is 0.450. The second kappa shape index (κ2) is 5.92. The Morgan fingerprint density at radius 2 is 1.63 bits per heavy atom. The number of benzene rings is 1. The van der Waals surface area contributed by atoms with Crippen molar-refractivity contribution < 1.29 is 19.1 Å². The van der Waals surface area contributed by atoms with Gasteiger partial charge in [0.15, 0.2) is 0 Å². The van der Waals surface area contributed by atoms with E-state index in [2.05, 4.69) is 33.2 Å². The molecule has 2 saturated carbocycles. The maximum atomic E-state index is 12.9. The van der Waals surface area contributed by atoms with Crippen molar-refractivity contribution in [3.05, 3.63) is 34.3 Å². The van der Waals surface area contributed by atoms with E-state index in [-0.39, 0.29) is 35.5 Å². The Hall–Kier alpha value is -2.15. The van der Waals surface area contributed by atoms with Crippen molar-refractivity contribution in [1.29, 1.82) is 0 Å². The number of carbonyl (C=O) groups is 2. The van der Waals surface area contributed by atoms with E-state index in [1.165, 1.54) is 6.21 Å². The Labute approximate surface area is 165 Å². The minimum Gasteiger partial charge on any atom is -0.496 e. The third-order valence-electron chi connectivity index (χ3n) is 6.46. The number of hydrogen-bond donors (Lipinski definition) is 0. The lowest BCUT2D eigenvalue weighted by Crippen LogP contribution is -2.40. The van der Waals surface area contributed by atoms with Crippen LogP contribution in [0.4, 0.5) is 0 Å². The Morgan fingerprint density at radius 3 is 2.19 bits per heavy atom. The molecular formula is C20H19BrN2O4. The smallest absolute Gasteiger partial charge is 0.254 e. The van der Waals surface area contributed by atoms with Gasteiger partial charge in [-0.15, -0.1) is 0 Å². The standard InChI is InChI=1S/C20H19BrN2O4/c1-26-15-7-16(27-2)14(21)5-9(15)8-22-23-19(24)17-10-3-4-11(13-6-12(10)13)18(17)20(23)25/h3-5,7-8,10-13,17-18H,6H2,1-2H3/b22-8-/t10-,11-,12-,13+,17+,18-/m1/s1. The van der Waals surface area contributed by atoms with Crippen LogP contribution in [0.2, 0.25) is 0 Å². The van der Waals surface area contributed by atoms with Crippen molar-refractivity contribution in [2.75, 3.05) is 14.2 Å². The first-order chi connectivity index (χ1) is 13.0. The molecular weight excluding hydrogens is 412 g/mol. The van der Waals surface area contributed by atoms with Gasteiger partial charge in [-0.1, -0.05) is 12.2 Å². The summed E-state index contributed by atoms with van der Waals surface area (Å²) in [6.45, 7) is 0. The zero-order valence-electron chi connectivity index (χ0n) is 15.0. The second-order valence-corrected chi connectivity index (χ2v) is 8.47. The molecule has 1 heterocycles. The second-order valence-electron chi connectivity index (χ2n) is 7.62. The molecule has 27 heavy (non-hydrogen) atoms. The summed E-state index contributed by atoms with van der Waals surface area (Å²) in [5.74, 6) is 1.94.